The molecule has 4 rings (SSSR count). The number of carbonyl (C=O) groups excluding carboxylic acids is 3. The molecule has 202 valence electrons. The third-order valence-electron chi connectivity index (χ3n) is 5.96. The van der Waals surface area contributed by atoms with Crippen LogP contribution >= 0.6 is 11.8 Å². The number of aryl methyl sites for hydroxylation is 2. The third kappa shape index (κ3) is 8.19. The summed E-state index contributed by atoms with van der Waals surface area (Å²) in [4.78, 5) is 39.6. The zero-order valence-electron chi connectivity index (χ0n) is 22.6. The molecule has 3 N–H and O–H groups in total. The molecule has 0 aliphatic heterocycles. The molecule has 0 radical (unpaired) electrons. The Labute approximate surface area is 238 Å². The van der Waals surface area contributed by atoms with E-state index in [9.17, 15) is 14.4 Å². The molecule has 0 fully saturated rings. The van der Waals surface area contributed by atoms with Gasteiger partial charge in [0.15, 0.2) is 0 Å². The minimum absolute atomic E-state index is 0.0898. The molecule has 0 spiro atoms. The summed E-state index contributed by atoms with van der Waals surface area (Å²) in [5, 5.41) is 8.25. The van der Waals surface area contributed by atoms with Crippen LogP contribution in [0.3, 0.4) is 0 Å². The molecule has 0 saturated heterocycles. The molecule has 4 aromatic rings. The Bertz CT molecular complexity index is 1530. The first-order valence-electron chi connectivity index (χ1n) is 12.9. The van der Waals surface area contributed by atoms with Crippen molar-refractivity contribution >= 4 is 46.9 Å². The molecule has 40 heavy (non-hydrogen) atoms. The molecule has 0 heterocycles. The minimum Gasteiger partial charge on any atom is -0.325 e. The molecule has 0 saturated carbocycles. The number of anilines is 2. The topological polar surface area (TPSA) is 87.3 Å². The van der Waals surface area contributed by atoms with Gasteiger partial charge in [-0.25, -0.2) is 0 Å². The molecule has 0 bridgehead atoms. The fourth-order valence-corrected chi connectivity index (χ4v) is 4.78. The van der Waals surface area contributed by atoms with Gasteiger partial charge in [0.25, 0.3) is 11.8 Å². The Balaban J connectivity index is 1.43. The zero-order chi connectivity index (χ0) is 28.5. The Hall–Kier alpha value is -4.62. The first-order chi connectivity index (χ1) is 19.3. The molecule has 0 aliphatic carbocycles. The number of thioether (sulfide) groups is 1. The largest absolute Gasteiger partial charge is 0.325 e. The molecule has 7 heteroatoms. The molecular formula is C33H31N3O3S. The predicted octanol–water partition coefficient (Wildman–Crippen LogP) is 6.83. The first-order valence-corrected chi connectivity index (χ1v) is 13.8. The van der Waals surface area contributed by atoms with E-state index in [4.69, 9.17) is 0 Å². The highest BCUT2D eigenvalue weighted by molar-refractivity contribution is 8.00. The van der Waals surface area contributed by atoms with E-state index >= 15 is 0 Å². The van der Waals surface area contributed by atoms with Crippen LogP contribution in [0.15, 0.2) is 114 Å². The van der Waals surface area contributed by atoms with E-state index < -0.39 is 5.91 Å². The molecule has 0 aliphatic rings. The van der Waals surface area contributed by atoms with Crippen LogP contribution in [0.5, 0.6) is 0 Å². The van der Waals surface area contributed by atoms with E-state index in [0.29, 0.717) is 11.3 Å². The second-order valence-corrected chi connectivity index (χ2v) is 10.8. The van der Waals surface area contributed by atoms with Gasteiger partial charge >= 0.3 is 0 Å². The summed E-state index contributed by atoms with van der Waals surface area (Å²) in [5.41, 5.74) is 4.82. The average molecular weight is 550 g/mol. The number of hydrogen-bond acceptors (Lipinski definition) is 4. The second-order valence-electron chi connectivity index (χ2n) is 9.39. The smallest absolute Gasteiger partial charge is 0.272 e. The number of amides is 3. The molecule has 3 amide bonds. The third-order valence-corrected chi connectivity index (χ3v) is 7.07. The van der Waals surface area contributed by atoms with E-state index in [1.165, 1.54) is 11.8 Å². The van der Waals surface area contributed by atoms with Crippen molar-refractivity contribution in [1.29, 1.82) is 0 Å². The Kier molecular flexibility index (Phi) is 9.54. The highest BCUT2D eigenvalue weighted by atomic mass is 32.2. The lowest BCUT2D eigenvalue weighted by molar-refractivity contribution is -0.115. The maximum absolute atomic E-state index is 13.3. The summed E-state index contributed by atoms with van der Waals surface area (Å²) in [6, 6.07) is 31.3. The van der Waals surface area contributed by atoms with Gasteiger partial charge < -0.3 is 16.0 Å². The van der Waals surface area contributed by atoms with Crippen LogP contribution in [0, 0.1) is 13.8 Å². The lowest BCUT2D eigenvalue weighted by atomic mass is 10.1. The van der Waals surface area contributed by atoms with Gasteiger partial charge in [0.2, 0.25) is 5.91 Å². The normalized spacial score (nSPS) is 11.8. The van der Waals surface area contributed by atoms with E-state index in [1.54, 1.807) is 42.5 Å². The first kappa shape index (κ1) is 28.4. The molecule has 4 aromatic carbocycles. The van der Waals surface area contributed by atoms with Crippen LogP contribution in [0.25, 0.3) is 6.08 Å². The van der Waals surface area contributed by atoms with Crippen LogP contribution in [-0.2, 0) is 9.59 Å². The highest BCUT2D eigenvalue weighted by Crippen LogP contribution is 2.26. The second kappa shape index (κ2) is 13.4. The fraction of sp³-hybridized carbons (Fsp3) is 0.121. The quantitative estimate of drug-likeness (QED) is 0.158. The summed E-state index contributed by atoms with van der Waals surface area (Å²) >= 11 is 1.43. The van der Waals surface area contributed by atoms with Crippen molar-refractivity contribution in [3.8, 4) is 0 Å². The monoisotopic (exact) mass is 549 g/mol. The highest BCUT2D eigenvalue weighted by Gasteiger charge is 2.17. The van der Waals surface area contributed by atoms with E-state index in [2.05, 4.69) is 16.0 Å². The van der Waals surface area contributed by atoms with Gasteiger partial charge in [-0.2, -0.15) is 0 Å². The predicted molar refractivity (Wildman–Crippen MR) is 163 cm³/mol. The van der Waals surface area contributed by atoms with Gasteiger partial charge in [-0.15, -0.1) is 11.8 Å². The summed E-state index contributed by atoms with van der Waals surface area (Å²) in [5.74, 6) is -0.913. The van der Waals surface area contributed by atoms with Crippen LogP contribution in [0.2, 0.25) is 0 Å². The molecule has 1 atom stereocenters. The standard InChI is InChI=1S/C33H31N3O3S/c1-22-9-7-11-25(19-22)21-30(36-32(38)26-12-5-4-6-13-26)33(39)34-27-15-17-29(18-16-27)40-24(3)31(37)35-28-14-8-10-23(2)20-28/h4-21,24H,1-3H3,(H,34,39)(H,35,37)(H,36,38)/b30-21-. The lowest BCUT2D eigenvalue weighted by Crippen LogP contribution is -2.30. The van der Waals surface area contributed by atoms with Gasteiger partial charge in [0, 0.05) is 21.8 Å². The number of carbonyl (C=O) groups is 3. The van der Waals surface area contributed by atoms with E-state index in [-0.39, 0.29) is 22.8 Å². The van der Waals surface area contributed by atoms with Crippen molar-refractivity contribution in [1.82, 2.24) is 5.32 Å². The number of nitrogens with one attached hydrogen (secondary N) is 3. The van der Waals surface area contributed by atoms with Crippen LogP contribution in [0.4, 0.5) is 11.4 Å². The average Bonchev–Trinajstić information content (AvgIpc) is 2.94. The van der Waals surface area contributed by atoms with Crippen molar-refractivity contribution in [2.75, 3.05) is 10.6 Å². The molecule has 6 nitrogen and oxygen atoms in total. The van der Waals surface area contributed by atoms with Crippen molar-refractivity contribution in [2.45, 2.75) is 30.9 Å². The number of hydrogen-bond donors (Lipinski definition) is 3. The van der Waals surface area contributed by atoms with Gasteiger partial charge in [-0.1, -0.05) is 60.2 Å². The van der Waals surface area contributed by atoms with Crippen molar-refractivity contribution in [3.63, 3.8) is 0 Å². The van der Waals surface area contributed by atoms with Crippen LogP contribution in [0.1, 0.15) is 34.0 Å². The Morgan fingerprint density at radius 1 is 0.725 bits per heavy atom. The maximum atomic E-state index is 13.3. The zero-order valence-corrected chi connectivity index (χ0v) is 23.4. The maximum Gasteiger partial charge on any atom is 0.272 e. The molecular weight excluding hydrogens is 518 g/mol. The lowest BCUT2D eigenvalue weighted by Gasteiger charge is -2.14. The fourth-order valence-electron chi connectivity index (χ4n) is 3.91. The van der Waals surface area contributed by atoms with E-state index in [1.807, 2.05) is 87.5 Å². The Morgan fingerprint density at radius 3 is 2.08 bits per heavy atom. The molecule has 1 unspecified atom stereocenters. The summed E-state index contributed by atoms with van der Waals surface area (Å²) in [6.07, 6.45) is 1.65. The minimum atomic E-state index is -0.447. The van der Waals surface area contributed by atoms with Gasteiger partial charge in [0.1, 0.15) is 5.70 Å². The van der Waals surface area contributed by atoms with Crippen molar-refractivity contribution in [2.24, 2.45) is 0 Å². The SMILES string of the molecule is Cc1cccc(/C=C(\NC(=O)c2ccccc2)C(=O)Nc2ccc(SC(C)C(=O)Nc3cccc(C)c3)cc2)c1. The van der Waals surface area contributed by atoms with Gasteiger partial charge in [0.05, 0.1) is 5.25 Å². The van der Waals surface area contributed by atoms with Gasteiger partial charge in [-0.3, -0.25) is 14.4 Å². The number of rotatable bonds is 9. The van der Waals surface area contributed by atoms with Crippen molar-refractivity contribution in [3.05, 3.63) is 131 Å². The number of benzene rings is 4. The van der Waals surface area contributed by atoms with Crippen molar-refractivity contribution < 1.29 is 14.4 Å². The molecule has 0 aromatic heterocycles. The summed E-state index contributed by atoms with van der Waals surface area (Å²) in [6.45, 7) is 5.79. The van der Waals surface area contributed by atoms with Gasteiger partial charge in [-0.05, 0) is 86.5 Å². The Morgan fingerprint density at radius 2 is 1.40 bits per heavy atom. The van der Waals surface area contributed by atoms with E-state index in [0.717, 1.165) is 27.3 Å². The van der Waals surface area contributed by atoms with Crippen LogP contribution < -0.4 is 16.0 Å². The van der Waals surface area contributed by atoms with Crippen LogP contribution in [-0.4, -0.2) is 23.0 Å². The summed E-state index contributed by atoms with van der Waals surface area (Å²) in [7, 11) is 0. The summed E-state index contributed by atoms with van der Waals surface area (Å²) < 4.78 is 0.